The van der Waals surface area contributed by atoms with Crippen LogP contribution in [0.5, 0.6) is 0 Å². The fourth-order valence-electron chi connectivity index (χ4n) is 1.17. The van der Waals surface area contributed by atoms with Gasteiger partial charge in [0.25, 0.3) is 0 Å². The molecule has 1 aromatic rings. The van der Waals surface area contributed by atoms with E-state index >= 15 is 0 Å². The van der Waals surface area contributed by atoms with Crippen molar-refractivity contribution in [1.82, 2.24) is 0 Å². The molecule has 82 valence electrons. The topological polar surface area (TPSA) is 60.4 Å². The summed E-state index contributed by atoms with van der Waals surface area (Å²) < 4.78 is 63.6. The number of halogens is 2. The molecular formula is C7H4F2O4S2. The van der Waals surface area contributed by atoms with Crippen LogP contribution in [0.3, 0.4) is 0 Å². The van der Waals surface area contributed by atoms with Crippen LogP contribution in [-0.4, -0.2) is 18.5 Å². The minimum atomic E-state index is -4.30. The Kier molecular flexibility index (Phi) is 1.95. The Morgan fingerprint density at radius 1 is 1.07 bits per heavy atom. The fourth-order valence-corrected chi connectivity index (χ4v) is 4.80. The first-order valence-corrected chi connectivity index (χ1v) is 6.62. The third kappa shape index (κ3) is 1.45. The summed E-state index contributed by atoms with van der Waals surface area (Å²) in [7, 11) is -7.84. The quantitative estimate of drug-likeness (QED) is 0.639. The minimum Gasteiger partial charge on any atom is -0.235 e. The maximum absolute atomic E-state index is 12.8. The summed E-state index contributed by atoms with van der Waals surface area (Å²) in [4.78, 5) is -1.08. The van der Waals surface area contributed by atoms with Crippen LogP contribution in [0.15, 0.2) is 21.9 Å². The highest BCUT2D eigenvalue weighted by atomic mass is 32.3. The average Bonchev–Trinajstić information content (AvgIpc) is 2.21. The predicted octanol–water partition coefficient (Wildman–Crippen LogP) is 0.674. The molecular weight excluding hydrogens is 250 g/mol. The standard InChI is InChI=1S/C7H4F2O4S2/c1-14(10)6-2-4(8)5(9)3-7(6)15(11,12)13-14/h2-3H,1H2. The zero-order chi connectivity index (χ0) is 11.4. The van der Waals surface area contributed by atoms with Gasteiger partial charge in [-0.2, -0.15) is 12.0 Å². The van der Waals surface area contributed by atoms with Gasteiger partial charge in [-0.05, 0) is 18.0 Å². The number of rotatable bonds is 0. The maximum atomic E-state index is 12.8. The summed E-state index contributed by atoms with van der Waals surface area (Å²) in [6.45, 7) is 0. The highest BCUT2D eigenvalue weighted by Crippen LogP contribution is 2.34. The lowest BCUT2D eigenvalue weighted by Gasteiger charge is -1.97. The van der Waals surface area contributed by atoms with Crippen molar-refractivity contribution in [1.29, 1.82) is 0 Å². The monoisotopic (exact) mass is 254 g/mol. The van der Waals surface area contributed by atoms with Crippen molar-refractivity contribution in [2.75, 3.05) is 0 Å². The van der Waals surface area contributed by atoms with Crippen molar-refractivity contribution in [3.63, 3.8) is 0 Å². The van der Waals surface area contributed by atoms with Crippen molar-refractivity contribution in [2.24, 2.45) is 0 Å². The maximum Gasteiger partial charge on any atom is 0.310 e. The SMILES string of the molecule is C=S1(=O)OS(=O)(=O)c2cc(F)c(F)cc21. The van der Waals surface area contributed by atoms with Gasteiger partial charge in [0.2, 0.25) is 0 Å². The summed E-state index contributed by atoms with van der Waals surface area (Å²) in [6, 6.07) is 0.947. The van der Waals surface area contributed by atoms with E-state index < -0.39 is 41.3 Å². The molecule has 1 heterocycles. The van der Waals surface area contributed by atoms with Crippen LogP contribution in [-0.2, 0) is 23.6 Å². The molecule has 0 spiro atoms. The van der Waals surface area contributed by atoms with E-state index in [4.69, 9.17) is 0 Å². The van der Waals surface area contributed by atoms with Crippen LogP contribution in [0.4, 0.5) is 8.78 Å². The van der Waals surface area contributed by atoms with E-state index in [1.165, 1.54) is 0 Å². The second-order valence-corrected chi connectivity index (χ2v) is 6.41. The Balaban J connectivity index is 2.95. The minimum absolute atomic E-state index is 0.428. The van der Waals surface area contributed by atoms with Crippen molar-refractivity contribution >= 4 is 25.8 Å². The Morgan fingerprint density at radius 2 is 1.53 bits per heavy atom. The zero-order valence-electron chi connectivity index (χ0n) is 7.07. The predicted molar refractivity (Wildman–Crippen MR) is 48.2 cm³/mol. The van der Waals surface area contributed by atoms with E-state index in [1.54, 1.807) is 0 Å². The highest BCUT2D eigenvalue weighted by molar-refractivity contribution is 8.07. The Labute approximate surface area is 84.8 Å². The largest absolute Gasteiger partial charge is 0.310 e. The zero-order valence-corrected chi connectivity index (χ0v) is 8.70. The summed E-state index contributed by atoms with van der Waals surface area (Å²) >= 11 is 0. The van der Waals surface area contributed by atoms with Gasteiger partial charge in [0, 0.05) is 0 Å². The van der Waals surface area contributed by atoms with E-state index in [0.29, 0.717) is 12.1 Å². The van der Waals surface area contributed by atoms with Crippen molar-refractivity contribution in [2.45, 2.75) is 9.79 Å². The molecule has 0 saturated carbocycles. The molecule has 0 saturated heterocycles. The van der Waals surface area contributed by atoms with E-state index in [1.807, 2.05) is 0 Å². The van der Waals surface area contributed by atoms with Gasteiger partial charge >= 0.3 is 10.1 Å². The first-order valence-electron chi connectivity index (χ1n) is 3.56. The summed E-state index contributed by atoms with van der Waals surface area (Å²) in [5.74, 6) is 0.365. The van der Waals surface area contributed by atoms with E-state index in [9.17, 15) is 21.4 Å². The molecule has 0 amide bonds. The van der Waals surface area contributed by atoms with E-state index in [0.717, 1.165) is 0 Å². The molecule has 2 rings (SSSR count). The molecule has 1 unspecified atom stereocenters. The lowest BCUT2D eigenvalue weighted by Crippen LogP contribution is -2.00. The Bertz CT molecular complexity index is 589. The molecule has 4 nitrogen and oxygen atoms in total. The molecule has 0 aromatic heterocycles. The highest BCUT2D eigenvalue weighted by Gasteiger charge is 2.37. The normalized spacial score (nSPS) is 27.6. The first kappa shape index (κ1) is 10.5. The van der Waals surface area contributed by atoms with Crippen molar-refractivity contribution in [3.05, 3.63) is 23.8 Å². The van der Waals surface area contributed by atoms with Gasteiger partial charge in [0.05, 0.1) is 4.90 Å². The van der Waals surface area contributed by atoms with Gasteiger partial charge in [0.1, 0.15) is 14.7 Å². The second kappa shape index (κ2) is 2.77. The average molecular weight is 254 g/mol. The van der Waals surface area contributed by atoms with Gasteiger partial charge in [-0.25, -0.2) is 13.0 Å². The van der Waals surface area contributed by atoms with Gasteiger partial charge < -0.3 is 0 Å². The summed E-state index contributed by atoms with van der Waals surface area (Å²) in [6.07, 6.45) is 0. The third-order valence-corrected chi connectivity index (χ3v) is 5.40. The Morgan fingerprint density at radius 3 is 2.07 bits per heavy atom. The molecule has 1 aliphatic rings. The van der Waals surface area contributed by atoms with Crippen LogP contribution in [0.2, 0.25) is 0 Å². The molecule has 0 radical (unpaired) electrons. The van der Waals surface area contributed by atoms with Gasteiger partial charge in [0.15, 0.2) is 11.6 Å². The molecule has 1 aliphatic heterocycles. The molecule has 0 aliphatic carbocycles. The summed E-state index contributed by atoms with van der Waals surface area (Å²) in [5.41, 5.74) is 0. The summed E-state index contributed by atoms with van der Waals surface area (Å²) in [5, 5.41) is 0. The molecule has 0 fully saturated rings. The molecule has 0 N–H and O–H groups in total. The van der Waals surface area contributed by atoms with Crippen molar-refractivity contribution in [3.8, 4) is 0 Å². The number of fused-ring (bicyclic) bond motifs is 1. The smallest absolute Gasteiger partial charge is 0.235 e. The second-order valence-electron chi connectivity index (χ2n) is 2.85. The number of hydrogen-bond acceptors (Lipinski definition) is 4. The Hall–Kier alpha value is -0.990. The molecule has 1 atom stereocenters. The lowest BCUT2D eigenvalue weighted by molar-refractivity contribution is 0.497. The third-order valence-electron chi connectivity index (χ3n) is 1.79. The number of benzene rings is 1. The van der Waals surface area contributed by atoms with Crippen LogP contribution in [0.25, 0.3) is 0 Å². The van der Waals surface area contributed by atoms with Gasteiger partial charge in [-0.15, -0.1) is 0 Å². The van der Waals surface area contributed by atoms with Crippen molar-refractivity contribution < 1.29 is 25.0 Å². The van der Waals surface area contributed by atoms with Crippen LogP contribution in [0.1, 0.15) is 0 Å². The number of hydrogen-bond donors (Lipinski definition) is 0. The van der Waals surface area contributed by atoms with Gasteiger partial charge in [-0.3, -0.25) is 0 Å². The van der Waals surface area contributed by atoms with Crippen LogP contribution >= 0.6 is 0 Å². The van der Waals surface area contributed by atoms with E-state index in [-0.39, 0.29) is 0 Å². The van der Waals surface area contributed by atoms with Crippen LogP contribution < -0.4 is 0 Å². The van der Waals surface area contributed by atoms with Crippen LogP contribution in [0, 0.1) is 11.6 Å². The lowest BCUT2D eigenvalue weighted by atomic mass is 10.3. The molecule has 15 heavy (non-hydrogen) atoms. The van der Waals surface area contributed by atoms with Gasteiger partial charge in [-0.1, -0.05) is 0 Å². The first-order chi connectivity index (χ1) is 6.74. The molecule has 1 aromatic carbocycles. The molecule has 8 heteroatoms. The molecule has 0 bridgehead atoms. The van der Waals surface area contributed by atoms with E-state index in [2.05, 4.69) is 9.50 Å². The fraction of sp³-hybridized carbons (Fsp3) is 0.